The lowest BCUT2D eigenvalue weighted by Crippen LogP contribution is -2.12. The van der Waals surface area contributed by atoms with Gasteiger partial charge in [0.25, 0.3) is 0 Å². The van der Waals surface area contributed by atoms with Crippen LogP contribution in [0, 0.1) is 13.8 Å². The van der Waals surface area contributed by atoms with E-state index in [0.29, 0.717) is 0 Å². The Hall–Kier alpha value is -1.51. The van der Waals surface area contributed by atoms with Gasteiger partial charge < -0.3 is 4.74 Å². The van der Waals surface area contributed by atoms with E-state index in [0.717, 1.165) is 16.8 Å². The molecule has 0 unspecified atom stereocenters. The number of rotatable bonds is 1. The normalized spacial score (nSPS) is 9.46. The van der Waals surface area contributed by atoms with Gasteiger partial charge in [-0.05, 0) is 25.0 Å². The summed E-state index contributed by atoms with van der Waals surface area (Å²) in [5.41, 5.74) is 2.89. The number of hydrogen-bond donors (Lipinski definition) is 1. The van der Waals surface area contributed by atoms with Crippen molar-refractivity contribution in [3.8, 4) is 0 Å². The number of nitrogens with one attached hydrogen (secondary N) is 1. The van der Waals surface area contributed by atoms with Crippen LogP contribution in [-0.2, 0) is 4.74 Å². The smallest absolute Gasteiger partial charge is 0.411 e. The minimum absolute atomic E-state index is 0.433. The van der Waals surface area contributed by atoms with Gasteiger partial charge in [-0.1, -0.05) is 18.2 Å². The van der Waals surface area contributed by atoms with Crippen LogP contribution in [0.25, 0.3) is 0 Å². The lowest BCUT2D eigenvalue weighted by atomic mass is 10.1. The maximum Gasteiger partial charge on any atom is 0.411 e. The zero-order chi connectivity index (χ0) is 9.84. The minimum atomic E-state index is -0.433. The maximum atomic E-state index is 11.0. The first-order chi connectivity index (χ1) is 6.15. The summed E-state index contributed by atoms with van der Waals surface area (Å²) >= 11 is 0. The summed E-state index contributed by atoms with van der Waals surface area (Å²) in [6.07, 6.45) is -0.433. The molecule has 13 heavy (non-hydrogen) atoms. The SMILES string of the molecule is COC(=O)Nc1c(C)cccc1C. The molecule has 0 radical (unpaired) electrons. The Morgan fingerprint density at radius 3 is 2.31 bits per heavy atom. The summed E-state index contributed by atoms with van der Waals surface area (Å²) in [6.45, 7) is 3.89. The first kappa shape index (κ1) is 9.58. The molecule has 1 aromatic carbocycles. The monoisotopic (exact) mass is 179 g/mol. The van der Waals surface area contributed by atoms with Crippen molar-refractivity contribution in [1.82, 2.24) is 0 Å². The average Bonchev–Trinajstić information content (AvgIpc) is 2.11. The fraction of sp³-hybridized carbons (Fsp3) is 0.300. The molecule has 3 nitrogen and oxygen atoms in total. The number of ether oxygens (including phenoxy) is 1. The van der Waals surface area contributed by atoms with E-state index in [-0.39, 0.29) is 0 Å². The van der Waals surface area contributed by atoms with Gasteiger partial charge in [-0.2, -0.15) is 0 Å². The Morgan fingerprint density at radius 2 is 1.85 bits per heavy atom. The summed E-state index contributed by atoms with van der Waals surface area (Å²) in [5, 5.41) is 2.67. The molecule has 1 N–H and O–H groups in total. The van der Waals surface area contributed by atoms with Crippen LogP contribution >= 0.6 is 0 Å². The Balaban J connectivity index is 2.93. The summed E-state index contributed by atoms with van der Waals surface area (Å²) < 4.78 is 4.51. The number of carbonyl (C=O) groups excluding carboxylic acids is 1. The molecule has 1 rings (SSSR count). The van der Waals surface area contributed by atoms with E-state index in [1.165, 1.54) is 7.11 Å². The van der Waals surface area contributed by atoms with Gasteiger partial charge >= 0.3 is 6.09 Å². The summed E-state index contributed by atoms with van der Waals surface area (Å²) in [7, 11) is 1.35. The Morgan fingerprint density at radius 1 is 1.31 bits per heavy atom. The molecule has 0 aliphatic heterocycles. The van der Waals surface area contributed by atoms with Crippen molar-refractivity contribution < 1.29 is 9.53 Å². The molecule has 0 aromatic heterocycles. The van der Waals surface area contributed by atoms with E-state index in [9.17, 15) is 4.79 Å². The van der Waals surface area contributed by atoms with Gasteiger partial charge in [-0.25, -0.2) is 4.79 Å². The number of carbonyl (C=O) groups is 1. The van der Waals surface area contributed by atoms with Gasteiger partial charge in [0.15, 0.2) is 0 Å². The Labute approximate surface area is 77.7 Å². The summed E-state index contributed by atoms with van der Waals surface area (Å²) in [5.74, 6) is 0. The van der Waals surface area contributed by atoms with Crippen molar-refractivity contribution >= 4 is 11.8 Å². The quantitative estimate of drug-likeness (QED) is 0.719. The largest absolute Gasteiger partial charge is 0.453 e. The summed E-state index contributed by atoms with van der Waals surface area (Å²) in [6, 6.07) is 5.84. The van der Waals surface area contributed by atoms with Crippen LogP contribution in [0.5, 0.6) is 0 Å². The van der Waals surface area contributed by atoms with E-state index >= 15 is 0 Å². The lowest BCUT2D eigenvalue weighted by Gasteiger charge is -2.09. The van der Waals surface area contributed by atoms with Crippen LogP contribution in [0.15, 0.2) is 18.2 Å². The Kier molecular flexibility index (Phi) is 2.90. The fourth-order valence-corrected chi connectivity index (χ4v) is 1.16. The van der Waals surface area contributed by atoms with E-state index < -0.39 is 6.09 Å². The number of aryl methyl sites for hydroxylation is 2. The van der Waals surface area contributed by atoms with E-state index in [4.69, 9.17) is 0 Å². The van der Waals surface area contributed by atoms with Crippen molar-refractivity contribution in [3.05, 3.63) is 29.3 Å². The standard InChI is InChI=1S/C10H13NO2/c1-7-5-4-6-8(2)9(7)11-10(12)13-3/h4-6H,1-3H3,(H,11,12). The molecule has 70 valence electrons. The second-order valence-corrected chi connectivity index (χ2v) is 2.88. The highest BCUT2D eigenvalue weighted by atomic mass is 16.5. The second-order valence-electron chi connectivity index (χ2n) is 2.88. The Bertz CT molecular complexity index is 300. The first-order valence-electron chi connectivity index (χ1n) is 4.06. The molecule has 0 spiro atoms. The fourth-order valence-electron chi connectivity index (χ4n) is 1.16. The van der Waals surface area contributed by atoms with Gasteiger partial charge in [-0.15, -0.1) is 0 Å². The molecule has 0 saturated heterocycles. The molecule has 0 atom stereocenters. The molecule has 0 fully saturated rings. The molecule has 1 amide bonds. The zero-order valence-corrected chi connectivity index (χ0v) is 8.05. The van der Waals surface area contributed by atoms with Crippen molar-refractivity contribution in [3.63, 3.8) is 0 Å². The van der Waals surface area contributed by atoms with Crippen molar-refractivity contribution in [2.24, 2.45) is 0 Å². The second kappa shape index (κ2) is 3.94. The first-order valence-corrected chi connectivity index (χ1v) is 4.06. The third-order valence-electron chi connectivity index (χ3n) is 1.89. The molecule has 0 bridgehead atoms. The average molecular weight is 179 g/mol. The van der Waals surface area contributed by atoms with Gasteiger partial charge in [-0.3, -0.25) is 5.32 Å². The summed E-state index contributed by atoms with van der Waals surface area (Å²) in [4.78, 5) is 11.0. The molecule has 3 heteroatoms. The number of anilines is 1. The van der Waals surface area contributed by atoms with E-state index in [2.05, 4.69) is 10.1 Å². The lowest BCUT2D eigenvalue weighted by molar-refractivity contribution is 0.187. The molecular formula is C10H13NO2. The van der Waals surface area contributed by atoms with Crippen LogP contribution in [0.1, 0.15) is 11.1 Å². The molecular weight excluding hydrogens is 166 g/mol. The molecule has 0 saturated carbocycles. The zero-order valence-electron chi connectivity index (χ0n) is 8.05. The highest BCUT2D eigenvalue weighted by Crippen LogP contribution is 2.19. The third kappa shape index (κ3) is 2.21. The van der Waals surface area contributed by atoms with Crippen LogP contribution in [0.4, 0.5) is 10.5 Å². The molecule has 0 aliphatic rings. The van der Waals surface area contributed by atoms with Gasteiger partial charge in [0.2, 0.25) is 0 Å². The molecule has 0 heterocycles. The predicted octanol–water partition coefficient (Wildman–Crippen LogP) is 2.48. The van der Waals surface area contributed by atoms with Crippen LogP contribution in [-0.4, -0.2) is 13.2 Å². The van der Waals surface area contributed by atoms with Gasteiger partial charge in [0.1, 0.15) is 0 Å². The van der Waals surface area contributed by atoms with Gasteiger partial charge in [0, 0.05) is 5.69 Å². The van der Waals surface area contributed by atoms with Crippen LogP contribution in [0.3, 0.4) is 0 Å². The third-order valence-corrected chi connectivity index (χ3v) is 1.89. The van der Waals surface area contributed by atoms with E-state index in [1.54, 1.807) is 0 Å². The number of benzene rings is 1. The molecule has 0 aliphatic carbocycles. The number of methoxy groups -OCH3 is 1. The minimum Gasteiger partial charge on any atom is -0.453 e. The number of hydrogen-bond acceptors (Lipinski definition) is 2. The van der Waals surface area contributed by atoms with Gasteiger partial charge in [0.05, 0.1) is 7.11 Å². The topological polar surface area (TPSA) is 38.3 Å². The maximum absolute atomic E-state index is 11.0. The number of para-hydroxylation sites is 1. The van der Waals surface area contributed by atoms with Crippen LogP contribution < -0.4 is 5.32 Å². The van der Waals surface area contributed by atoms with Crippen molar-refractivity contribution in [2.45, 2.75) is 13.8 Å². The van der Waals surface area contributed by atoms with Crippen molar-refractivity contribution in [1.29, 1.82) is 0 Å². The van der Waals surface area contributed by atoms with Crippen molar-refractivity contribution in [2.75, 3.05) is 12.4 Å². The predicted molar refractivity (Wildman–Crippen MR) is 51.9 cm³/mol. The van der Waals surface area contributed by atoms with Crippen LogP contribution in [0.2, 0.25) is 0 Å². The highest BCUT2D eigenvalue weighted by molar-refractivity contribution is 5.86. The highest BCUT2D eigenvalue weighted by Gasteiger charge is 2.05. The molecule has 1 aromatic rings. The number of amides is 1. The van der Waals surface area contributed by atoms with E-state index in [1.807, 2.05) is 32.0 Å².